The van der Waals surface area contributed by atoms with Crippen molar-refractivity contribution in [3.05, 3.63) is 0 Å². The summed E-state index contributed by atoms with van der Waals surface area (Å²) >= 11 is 0. The Kier molecular flexibility index (Phi) is 7.63. The van der Waals surface area contributed by atoms with Crippen LogP contribution in [0.2, 0.25) is 0 Å². The topological polar surface area (TPSA) is 93.1 Å². The molecule has 0 amide bonds. The van der Waals surface area contributed by atoms with Crippen molar-refractivity contribution in [2.45, 2.75) is 45.7 Å². The molecule has 0 rings (SSSR count). The van der Waals surface area contributed by atoms with Crippen molar-refractivity contribution in [2.24, 2.45) is 0 Å². The Hall–Kier alpha value is -0.608. The van der Waals surface area contributed by atoms with E-state index < -0.39 is 29.9 Å². The fourth-order valence-electron chi connectivity index (χ4n) is 0.985. The lowest BCUT2D eigenvalue weighted by molar-refractivity contribution is -0.266. The zero-order valence-corrected chi connectivity index (χ0v) is 9.18. The third-order valence-corrected chi connectivity index (χ3v) is 1.37. The van der Waals surface area contributed by atoms with Crippen LogP contribution in [0.1, 0.15) is 27.7 Å². The molecule has 0 radical (unpaired) electrons. The van der Waals surface area contributed by atoms with Crippen molar-refractivity contribution in [3.63, 3.8) is 0 Å². The highest BCUT2D eigenvalue weighted by molar-refractivity contribution is 6.00. The second-order valence-corrected chi connectivity index (χ2v) is 3.56. The highest BCUT2D eigenvalue weighted by atomic mass is 27.0. The summed E-state index contributed by atoms with van der Waals surface area (Å²) in [6.07, 6.45) is -1.15. The molecule has 0 heterocycles. The average Bonchev–Trinajstić information content (AvgIpc) is 1.99. The first-order chi connectivity index (χ1) is 6.72. The minimum absolute atomic E-state index is 0. The van der Waals surface area contributed by atoms with E-state index in [9.17, 15) is 9.59 Å². The zero-order valence-electron chi connectivity index (χ0n) is 9.18. The monoisotopic (exact) mass is 250 g/mol. The molecule has 0 atom stereocenters. The number of carbonyl (C=O) groups is 2. The highest BCUT2D eigenvalue weighted by Gasteiger charge is 2.51. The van der Waals surface area contributed by atoms with Gasteiger partial charge in [-0.25, -0.2) is 9.59 Å². The van der Waals surface area contributed by atoms with E-state index in [0.29, 0.717) is 0 Å². The second kappa shape index (κ2) is 6.86. The maximum Gasteiger partial charge on any atom is 0.377 e. The zero-order chi connectivity index (χ0) is 12.2. The first-order valence-corrected chi connectivity index (χ1v) is 4.54. The molecule has 0 unspecified atom stereocenters. The Morgan fingerprint density at radius 2 is 1.19 bits per heavy atom. The van der Waals surface area contributed by atoms with Crippen LogP contribution in [0.5, 0.6) is 0 Å². The van der Waals surface area contributed by atoms with Crippen LogP contribution in [-0.4, -0.2) is 57.5 Å². The predicted molar refractivity (Wildman–Crippen MR) is 60.4 cm³/mol. The Morgan fingerprint density at radius 1 is 0.938 bits per heavy atom. The summed E-state index contributed by atoms with van der Waals surface area (Å²) in [5, 5.41) is 17.7. The van der Waals surface area contributed by atoms with Gasteiger partial charge in [0.2, 0.25) is 0 Å². The number of hydrogen-bond donors (Lipinski definition) is 2. The van der Waals surface area contributed by atoms with Gasteiger partial charge < -0.3 is 19.7 Å². The molecule has 0 aromatic rings. The van der Waals surface area contributed by atoms with Gasteiger partial charge >= 0.3 is 17.7 Å². The Morgan fingerprint density at radius 3 is 1.31 bits per heavy atom. The summed E-state index contributed by atoms with van der Waals surface area (Å²) in [5.41, 5.74) is 0. The summed E-state index contributed by atoms with van der Waals surface area (Å²) in [5.74, 6) is -5.96. The van der Waals surface area contributed by atoms with Gasteiger partial charge in [0.05, 0.1) is 12.2 Å². The Balaban J connectivity index is 0. The van der Waals surface area contributed by atoms with Gasteiger partial charge in [-0.3, -0.25) is 0 Å². The first kappa shape index (κ1) is 17.8. The van der Waals surface area contributed by atoms with Crippen LogP contribution in [-0.2, 0) is 19.1 Å². The molecule has 94 valence electrons. The van der Waals surface area contributed by atoms with Gasteiger partial charge in [-0.1, -0.05) is 0 Å². The lowest BCUT2D eigenvalue weighted by atomic mass is 10.2. The second-order valence-electron chi connectivity index (χ2n) is 3.56. The van der Waals surface area contributed by atoms with E-state index in [1.807, 2.05) is 0 Å². The minimum atomic E-state index is -2.62. The number of ether oxygens (including phenoxy) is 2. The molecular weight excluding hydrogens is 231 g/mol. The Labute approximate surface area is 105 Å². The molecule has 0 aliphatic carbocycles. The summed E-state index contributed by atoms with van der Waals surface area (Å²) in [7, 11) is 0. The molecule has 0 aliphatic rings. The van der Waals surface area contributed by atoms with Crippen LogP contribution in [0.4, 0.5) is 0 Å². The van der Waals surface area contributed by atoms with Crippen molar-refractivity contribution >= 4 is 29.3 Å². The van der Waals surface area contributed by atoms with Crippen molar-refractivity contribution in [1.82, 2.24) is 0 Å². The molecule has 0 aliphatic heterocycles. The van der Waals surface area contributed by atoms with Gasteiger partial charge in [-0.05, 0) is 27.7 Å². The summed E-state index contributed by atoms with van der Waals surface area (Å²) in [4.78, 5) is 21.8. The third-order valence-electron chi connectivity index (χ3n) is 1.37. The van der Waals surface area contributed by atoms with Gasteiger partial charge in [-0.2, -0.15) is 0 Å². The van der Waals surface area contributed by atoms with Crippen LogP contribution < -0.4 is 0 Å². The number of carboxylic acid groups (broad SMARTS) is 2. The maximum absolute atomic E-state index is 10.9. The number of carboxylic acids is 2. The molecular formula is C9H19AlO6. The smallest absolute Gasteiger partial charge is 0.377 e. The van der Waals surface area contributed by atoms with Gasteiger partial charge in [0.25, 0.3) is 0 Å². The van der Waals surface area contributed by atoms with E-state index in [2.05, 4.69) is 0 Å². The van der Waals surface area contributed by atoms with Gasteiger partial charge in [0, 0.05) is 0 Å². The number of aliphatic carboxylic acids is 2. The summed E-state index contributed by atoms with van der Waals surface area (Å²) < 4.78 is 9.70. The quantitative estimate of drug-likeness (QED) is 0.375. The van der Waals surface area contributed by atoms with Gasteiger partial charge in [0.15, 0.2) is 17.4 Å². The molecule has 0 saturated heterocycles. The predicted octanol–water partition coefficient (Wildman–Crippen LogP) is -0.482. The van der Waals surface area contributed by atoms with E-state index in [1.165, 1.54) is 27.7 Å². The molecule has 6 nitrogen and oxygen atoms in total. The molecule has 2 N–H and O–H groups in total. The number of rotatable bonds is 6. The lowest BCUT2D eigenvalue weighted by Gasteiger charge is -2.28. The fraction of sp³-hybridized carbons (Fsp3) is 0.778. The summed E-state index contributed by atoms with van der Waals surface area (Å²) in [6, 6.07) is 0. The summed E-state index contributed by atoms with van der Waals surface area (Å²) in [6.45, 7) is 6.13. The standard InChI is InChI=1S/C9H16O6.Al.3H/c1-5(2)14-9(7(10)11,8(12)13)15-6(3)4;;;;/h5-6H,1-4H3,(H,10,11)(H,12,13);;;;. The highest BCUT2D eigenvalue weighted by Crippen LogP contribution is 2.19. The van der Waals surface area contributed by atoms with E-state index in [4.69, 9.17) is 19.7 Å². The van der Waals surface area contributed by atoms with Crippen LogP contribution in [0.3, 0.4) is 0 Å². The molecule has 0 bridgehead atoms. The molecule has 16 heavy (non-hydrogen) atoms. The number of hydrogen-bond acceptors (Lipinski definition) is 4. The molecule has 0 aromatic carbocycles. The molecule has 0 saturated carbocycles. The van der Waals surface area contributed by atoms with Crippen molar-refractivity contribution < 1.29 is 29.3 Å². The van der Waals surface area contributed by atoms with E-state index in [0.717, 1.165) is 0 Å². The molecule has 0 aromatic heterocycles. The Bertz CT molecular complexity index is 224. The lowest BCUT2D eigenvalue weighted by Crippen LogP contribution is -2.54. The van der Waals surface area contributed by atoms with Crippen LogP contribution >= 0.6 is 0 Å². The fourth-order valence-corrected chi connectivity index (χ4v) is 0.985. The third kappa shape index (κ3) is 4.49. The largest absolute Gasteiger partial charge is 0.477 e. The molecule has 0 fully saturated rings. The van der Waals surface area contributed by atoms with Crippen molar-refractivity contribution in [3.8, 4) is 0 Å². The van der Waals surface area contributed by atoms with E-state index >= 15 is 0 Å². The van der Waals surface area contributed by atoms with E-state index in [1.54, 1.807) is 0 Å². The minimum Gasteiger partial charge on any atom is -0.477 e. The average molecular weight is 250 g/mol. The van der Waals surface area contributed by atoms with Crippen LogP contribution in [0, 0.1) is 0 Å². The van der Waals surface area contributed by atoms with Crippen molar-refractivity contribution in [1.29, 1.82) is 0 Å². The van der Waals surface area contributed by atoms with Crippen LogP contribution in [0.15, 0.2) is 0 Å². The van der Waals surface area contributed by atoms with Crippen molar-refractivity contribution in [2.75, 3.05) is 0 Å². The maximum atomic E-state index is 10.9. The molecule has 0 spiro atoms. The first-order valence-electron chi connectivity index (χ1n) is 4.54. The van der Waals surface area contributed by atoms with Crippen LogP contribution in [0.25, 0.3) is 0 Å². The van der Waals surface area contributed by atoms with Gasteiger partial charge in [-0.15, -0.1) is 0 Å². The SMILES string of the molecule is CC(C)OC(OC(C)C)(C(=O)O)C(=O)O.[AlH3]. The normalized spacial score (nSPS) is 11.4. The molecule has 7 heteroatoms. The van der Waals surface area contributed by atoms with Gasteiger partial charge in [0.1, 0.15) is 0 Å². The van der Waals surface area contributed by atoms with E-state index in [-0.39, 0.29) is 17.4 Å².